The molecule has 0 aliphatic carbocycles. The summed E-state index contributed by atoms with van der Waals surface area (Å²) in [5, 5.41) is 4.65. The number of carbonyl (C=O) groups excluding carboxylic acids is 1. The summed E-state index contributed by atoms with van der Waals surface area (Å²) in [4.78, 5) is 14.6. The molecule has 8 heteroatoms. The van der Waals surface area contributed by atoms with E-state index in [1.165, 1.54) is 16.7 Å². The number of nitrogens with one attached hydrogen (secondary N) is 1. The van der Waals surface area contributed by atoms with Gasteiger partial charge >= 0.3 is 0 Å². The number of nitrogens with zero attached hydrogens (tertiary/aromatic N) is 1. The Bertz CT molecular complexity index is 866. The predicted molar refractivity (Wildman–Crippen MR) is 111 cm³/mol. The average molecular weight is 430 g/mol. The van der Waals surface area contributed by atoms with Crippen LogP contribution in [-0.4, -0.2) is 21.8 Å². The van der Waals surface area contributed by atoms with Crippen molar-refractivity contribution >= 4 is 80.8 Å². The zero-order valence-corrected chi connectivity index (χ0v) is 16.5. The van der Waals surface area contributed by atoms with E-state index in [1.54, 1.807) is 30.3 Å². The number of thioether (sulfide) groups is 1. The zero-order chi connectivity index (χ0) is 18.0. The summed E-state index contributed by atoms with van der Waals surface area (Å²) in [5.41, 5.74) is 1.33. The number of rotatable bonds is 4. The van der Waals surface area contributed by atoms with Crippen molar-refractivity contribution in [1.29, 1.82) is 0 Å². The first-order chi connectivity index (χ1) is 12.0. The second-order valence-electron chi connectivity index (χ2n) is 5.06. The molecule has 1 aliphatic rings. The maximum Gasteiger partial charge on any atom is 0.267 e. The monoisotopic (exact) mass is 428 g/mol. The first kappa shape index (κ1) is 18.5. The molecule has 1 amide bonds. The van der Waals surface area contributed by atoms with Gasteiger partial charge < -0.3 is 5.32 Å². The van der Waals surface area contributed by atoms with Gasteiger partial charge in [-0.15, -0.1) is 0 Å². The van der Waals surface area contributed by atoms with Crippen molar-refractivity contribution < 1.29 is 4.79 Å². The average Bonchev–Trinajstić information content (AvgIpc) is 2.84. The molecule has 1 aliphatic heterocycles. The van der Waals surface area contributed by atoms with Gasteiger partial charge in [-0.05, 0) is 30.3 Å². The van der Waals surface area contributed by atoms with Gasteiger partial charge in [0.15, 0.2) is 0 Å². The molecule has 0 aromatic heterocycles. The highest BCUT2D eigenvalue weighted by molar-refractivity contribution is 8.26. The Labute approximate surface area is 169 Å². The topological polar surface area (TPSA) is 32.3 Å². The van der Waals surface area contributed by atoms with Gasteiger partial charge in [-0.1, -0.05) is 77.0 Å². The number of thiocarbonyl (C=S) groups is 1. The summed E-state index contributed by atoms with van der Waals surface area (Å²) < 4.78 is 0.457. The van der Waals surface area contributed by atoms with Crippen LogP contribution in [-0.2, 0) is 4.79 Å². The standard InChI is InChI=1S/C17H11Cl3N2OS2/c18-11-5-3-6-12(19)10(11)8-15-16(23)22(17(24)25-15)9-21-14-7-2-1-4-13(14)20/h1-8,21H,9H2/b15-8-. The van der Waals surface area contributed by atoms with Crippen LogP contribution in [0.3, 0.4) is 0 Å². The minimum Gasteiger partial charge on any atom is -0.366 e. The lowest BCUT2D eigenvalue weighted by atomic mass is 10.2. The van der Waals surface area contributed by atoms with Crippen LogP contribution in [0.5, 0.6) is 0 Å². The lowest BCUT2D eigenvalue weighted by Gasteiger charge is -2.16. The highest BCUT2D eigenvalue weighted by Gasteiger charge is 2.32. The van der Waals surface area contributed by atoms with Crippen LogP contribution >= 0.6 is 58.8 Å². The molecule has 128 valence electrons. The highest BCUT2D eigenvalue weighted by atomic mass is 35.5. The molecule has 3 rings (SSSR count). The smallest absolute Gasteiger partial charge is 0.267 e. The second-order valence-corrected chi connectivity index (χ2v) is 7.96. The number of para-hydroxylation sites is 1. The van der Waals surface area contributed by atoms with E-state index in [0.29, 0.717) is 29.9 Å². The second kappa shape index (κ2) is 7.98. The van der Waals surface area contributed by atoms with E-state index >= 15 is 0 Å². The van der Waals surface area contributed by atoms with Gasteiger partial charge in [-0.3, -0.25) is 9.69 Å². The molecule has 2 aromatic rings. The summed E-state index contributed by atoms with van der Waals surface area (Å²) >= 11 is 25.0. The predicted octanol–water partition coefficient (Wildman–Crippen LogP) is 5.92. The van der Waals surface area contributed by atoms with E-state index in [1.807, 2.05) is 18.2 Å². The maximum atomic E-state index is 12.6. The number of benzene rings is 2. The Morgan fingerprint density at radius 2 is 1.68 bits per heavy atom. The molecule has 1 heterocycles. The fourth-order valence-corrected chi connectivity index (χ4v) is 4.13. The summed E-state index contributed by atoms with van der Waals surface area (Å²) in [6, 6.07) is 12.5. The Balaban J connectivity index is 1.78. The lowest BCUT2D eigenvalue weighted by Crippen LogP contribution is -2.33. The first-order valence-electron chi connectivity index (χ1n) is 7.15. The third-order valence-corrected chi connectivity index (χ3v) is 5.82. The number of hydrogen-bond donors (Lipinski definition) is 1. The normalized spacial score (nSPS) is 16.0. The molecule has 1 N–H and O–H groups in total. The van der Waals surface area contributed by atoms with Gasteiger partial charge in [0.1, 0.15) is 4.32 Å². The van der Waals surface area contributed by atoms with Crippen LogP contribution in [0.4, 0.5) is 5.69 Å². The minimum absolute atomic E-state index is 0.203. The molecule has 1 fully saturated rings. The van der Waals surface area contributed by atoms with Crippen molar-refractivity contribution in [2.24, 2.45) is 0 Å². The Hall–Kier alpha value is -1.24. The maximum absolute atomic E-state index is 12.6. The van der Waals surface area contributed by atoms with E-state index in [0.717, 1.165) is 5.69 Å². The van der Waals surface area contributed by atoms with Crippen LogP contribution in [0.2, 0.25) is 15.1 Å². The van der Waals surface area contributed by atoms with Crippen molar-refractivity contribution in [3.63, 3.8) is 0 Å². The molecule has 0 bridgehead atoms. The fourth-order valence-electron chi connectivity index (χ4n) is 2.18. The molecule has 1 saturated heterocycles. The third-order valence-electron chi connectivity index (χ3n) is 3.45. The Kier molecular flexibility index (Phi) is 5.92. The molecule has 0 atom stereocenters. The Morgan fingerprint density at radius 1 is 1.04 bits per heavy atom. The molecular formula is C17H11Cl3N2OS2. The van der Waals surface area contributed by atoms with Crippen LogP contribution in [0, 0.1) is 0 Å². The summed E-state index contributed by atoms with van der Waals surface area (Å²) in [5.74, 6) is -0.203. The lowest BCUT2D eigenvalue weighted by molar-refractivity contribution is -0.121. The van der Waals surface area contributed by atoms with Crippen molar-refractivity contribution in [3.8, 4) is 0 Å². The number of anilines is 1. The molecule has 0 saturated carbocycles. The van der Waals surface area contributed by atoms with E-state index in [-0.39, 0.29) is 12.6 Å². The summed E-state index contributed by atoms with van der Waals surface area (Å²) in [6.07, 6.45) is 1.67. The fraction of sp³-hybridized carbons (Fsp3) is 0.0588. The van der Waals surface area contributed by atoms with Crippen molar-refractivity contribution in [2.45, 2.75) is 0 Å². The molecule has 0 radical (unpaired) electrons. The zero-order valence-electron chi connectivity index (χ0n) is 12.6. The van der Waals surface area contributed by atoms with Gasteiger partial charge in [0.2, 0.25) is 0 Å². The number of halogens is 3. The van der Waals surface area contributed by atoms with Gasteiger partial charge in [-0.25, -0.2) is 0 Å². The number of hydrogen-bond acceptors (Lipinski definition) is 4. The summed E-state index contributed by atoms with van der Waals surface area (Å²) in [7, 11) is 0. The molecule has 0 unspecified atom stereocenters. The molecule has 25 heavy (non-hydrogen) atoms. The van der Waals surface area contributed by atoms with E-state index in [9.17, 15) is 4.79 Å². The van der Waals surface area contributed by atoms with Crippen molar-refractivity contribution in [2.75, 3.05) is 12.0 Å². The number of amides is 1. The van der Waals surface area contributed by atoms with E-state index in [2.05, 4.69) is 5.32 Å². The van der Waals surface area contributed by atoms with E-state index < -0.39 is 0 Å². The minimum atomic E-state index is -0.203. The van der Waals surface area contributed by atoms with Crippen LogP contribution in [0.15, 0.2) is 47.4 Å². The van der Waals surface area contributed by atoms with Crippen LogP contribution in [0.25, 0.3) is 6.08 Å². The van der Waals surface area contributed by atoms with Crippen molar-refractivity contribution in [1.82, 2.24) is 4.90 Å². The van der Waals surface area contributed by atoms with Gasteiger partial charge in [-0.2, -0.15) is 0 Å². The Morgan fingerprint density at radius 3 is 2.36 bits per heavy atom. The molecular weight excluding hydrogens is 419 g/mol. The molecule has 0 spiro atoms. The SMILES string of the molecule is O=C1/C(=C/c2c(Cl)cccc2Cl)SC(=S)N1CNc1ccccc1Cl. The number of carbonyl (C=O) groups is 1. The van der Waals surface area contributed by atoms with Crippen molar-refractivity contribution in [3.05, 3.63) is 68.0 Å². The summed E-state index contributed by atoms with van der Waals surface area (Å²) in [6.45, 7) is 0.224. The first-order valence-corrected chi connectivity index (χ1v) is 9.51. The van der Waals surface area contributed by atoms with E-state index in [4.69, 9.17) is 47.0 Å². The van der Waals surface area contributed by atoms with Gasteiger partial charge in [0, 0.05) is 15.6 Å². The van der Waals surface area contributed by atoms with Gasteiger partial charge in [0.25, 0.3) is 5.91 Å². The van der Waals surface area contributed by atoms with Gasteiger partial charge in [0.05, 0.1) is 22.3 Å². The largest absolute Gasteiger partial charge is 0.366 e. The van der Waals surface area contributed by atoms with Crippen LogP contribution < -0.4 is 5.32 Å². The quantitative estimate of drug-likeness (QED) is 0.483. The molecule has 3 nitrogen and oxygen atoms in total. The highest BCUT2D eigenvalue weighted by Crippen LogP contribution is 2.35. The van der Waals surface area contributed by atoms with Crippen LogP contribution in [0.1, 0.15) is 5.56 Å². The third kappa shape index (κ3) is 4.13. The molecule has 2 aromatic carbocycles.